The summed E-state index contributed by atoms with van der Waals surface area (Å²) in [6, 6.07) is 10.3. The van der Waals surface area contributed by atoms with Crippen molar-refractivity contribution in [2.24, 2.45) is 5.10 Å². The molecule has 8 heteroatoms. The summed E-state index contributed by atoms with van der Waals surface area (Å²) in [6.45, 7) is 0. The second-order valence-electron chi connectivity index (χ2n) is 4.28. The van der Waals surface area contributed by atoms with Gasteiger partial charge >= 0.3 is 5.56 Å². The lowest BCUT2D eigenvalue weighted by atomic mass is 10.2. The second kappa shape index (κ2) is 6.04. The average molecular weight is 330 g/mol. The maximum absolute atomic E-state index is 12.4. The van der Waals surface area contributed by atoms with Crippen LogP contribution in [0.4, 0.5) is 0 Å². The summed E-state index contributed by atoms with van der Waals surface area (Å²) in [7, 11) is 0. The number of aromatic hydroxyl groups is 1. The molecule has 0 saturated carbocycles. The standard InChI is InChI=1S/C14H10N4O2S2/c19-10-5-2-1-4-9(10)8-15-18-13(20)12(16-17-14(18)21)11-6-3-7-22-11/h1-8,19H,(H,17,21). The minimum absolute atomic E-state index is 0.0710. The first-order chi connectivity index (χ1) is 10.7. The van der Waals surface area contributed by atoms with Crippen molar-refractivity contribution in [2.75, 3.05) is 0 Å². The first-order valence-electron chi connectivity index (χ1n) is 6.25. The molecule has 0 aliphatic heterocycles. The van der Waals surface area contributed by atoms with Gasteiger partial charge in [-0.3, -0.25) is 9.89 Å². The average Bonchev–Trinajstić information content (AvgIpc) is 3.03. The van der Waals surface area contributed by atoms with Gasteiger partial charge in [-0.05, 0) is 35.8 Å². The van der Waals surface area contributed by atoms with Gasteiger partial charge in [0.05, 0.1) is 11.1 Å². The second-order valence-corrected chi connectivity index (χ2v) is 5.61. The molecule has 0 atom stereocenters. The number of hydrogen-bond acceptors (Lipinski definition) is 6. The quantitative estimate of drug-likeness (QED) is 0.571. The van der Waals surface area contributed by atoms with Gasteiger partial charge in [0.15, 0.2) is 5.69 Å². The Hall–Kier alpha value is -2.58. The van der Waals surface area contributed by atoms with E-state index in [1.165, 1.54) is 23.6 Å². The Labute approximate surface area is 134 Å². The van der Waals surface area contributed by atoms with Crippen molar-refractivity contribution in [1.82, 2.24) is 14.9 Å². The van der Waals surface area contributed by atoms with Crippen molar-refractivity contribution < 1.29 is 5.11 Å². The molecule has 0 spiro atoms. The normalized spacial score (nSPS) is 11.1. The number of phenols is 1. The fraction of sp³-hybridized carbons (Fsp3) is 0. The van der Waals surface area contributed by atoms with Crippen molar-refractivity contribution in [3.05, 3.63) is 62.5 Å². The number of thiophene rings is 1. The molecule has 0 fully saturated rings. The van der Waals surface area contributed by atoms with E-state index in [0.29, 0.717) is 5.56 Å². The summed E-state index contributed by atoms with van der Waals surface area (Å²) in [5.41, 5.74) is 0.314. The number of nitrogens with one attached hydrogen (secondary N) is 1. The lowest BCUT2D eigenvalue weighted by Crippen LogP contribution is -2.22. The van der Waals surface area contributed by atoms with Crippen LogP contribution in [0, 0.1) is 4.77 Å². The molecule has 0 unspecified atom stereocenters. The Morgan fingerprint density at radius 3 is 2.86 bits per heavy atom. The molecule has 0 amide bonds. The SMILES string of the molecule is O=c1c(-c2cccs2)n[nH]c(=S)n1N=Cc1ccccc1O. The van der Waals surface area contributed by atoms with Crippen molar-refractivity contribution >= 4 is 29.8 Å². The Morgan fingerprint density at radius 1 is 1.32 bits per heavy atom. The highest BCUT2D eigenvalue weighted by Crippen LogP contribution is 2.18. The smallest absolute Gasteiger partial charge is 0.302 e. The topological polar surface area (TPSA) is 83.3 Å². The molecule has 3 aromatic rings. The van der Waals surface area contributed by atoms with Gasteiger partial charge in [0.1, 0.15) is 5.75 Å². The van der Waals surface area contributed by atoms with Gasteiger partial charge in [-0.1, -0.05) is 18.2 Å². The largest absolute Gasteiger partial charge is 0.507 e. The van der Waals surface area contributed by atoms with Crippen LogP contribution in [0.2, 0.25) is 0 Å². The third-order valence-electron chi connectivity index (χ3n) is 2.85. The molecule has 2 N–H and O–H groups in total. The van der Waals surface area contributed by atoms with Crippen LogP contribution in [0.25, 0.3) is 10.6 Å². The number of phenolic OH excluding ortho intramolecular Hbond substituents is 1. The number of rotatable bonds is 3. The van der Waals surface area contributed by atoms with Crippen LogP contribution in [0.3, 0.4) is 0 Å². The molecule has 6 nitrogen and oxygen atoms in total. The van der Waals surface area contributed by atoms with Crippen LogP contribution in [0.15, 0.2) is 51.7 Å². The summed E-state index contributed by atoms with van der Waals surface area (Å²) in [5.74, 6) is 0.0710. The van der Waals surface area contributed by atoms with Gasteiger partial charge in [-0.25, -0.2) is 0 Å². The minimum Gasteiger partial charge on any atom is -0.507 e. The monoisotopic (exact) mass is 330 g/mol. The van der Waals surface area contributed by atoms with Crippen molar-refractivity contribution in [2.45, 2.75) is 0 Å². The molecule has 22 heavy (non-hydrogen) atoms. The van der Waals surface area contributed by atoms with Gasteiger partial charge in [0.25, 0.3) is 0 Å². The Bertz CT molecular complexity index is 942. The molecule has 3 rings (SSSR count). The third kappa shape index (κ3) is 2.74. The lowest BCUT2D eigenvalue weighted by molar-refractivity contribution is 0.474. The predicted octanol–water partition coefficient (Wildman–Crippen LogP) is 2.62. The lowest BCUT2D eigenvalue weighted by Gasteiger charge is -2.01. The maximum Gasteiger partial charge on any atom is 0.302 e. The van der Waals surface area contributed by atoms with E-state index in [1.54, 1.807) is 24.3 Å². The summed E-state index contributed by atoms with van der Waals surface area (Å²) in [4.78, 5) is 13.2. The summed E-state index contributed by atoms with van der Waals surface area (Å²) in [5, 5.41) is 22.2. The first kappa shape index (κ1) is 14.4. The summed E-state index contributed by atoms with van der Waals surface area (Å²) < 4.78 is 1.13. The molecule has 2 heterocycles. The van der Waals surface area contributed by atoms with E-state index in [9.17, 15) is 9.90 Å². The number of hydrogen-bond donors (Lipinski definition) is 2. The summed E-state index contributed by atoms with van der Waals surface area (Å²) in [6.07, 6.45) is 1.37. The van der Waals surface area contributed by atoms with Crippen molar-refractivity contribution in [1.29, 1.82) is 0 Å². The Balaban J connectivity index is 2.08. The molecular formula is C14H10N4O2S2. The van der Waals surface area contributed by atoms with E-state index in [2.05, 4.69) is 15.3 Å². The number of H-pyrrole nitrogens is 1. The van der Waals surface area contributed by atoms with E-state index >= 15 is 0 Å². The zero-order chi connectivity index (χ0) is 15.5. The van der Waals surface area contributed by atoms with E-state index < -0.39 is 5.56 Å². The van der Waals surface area contributed by atoms with Gasteiger partial charge < -0.3 is 5.11 Å². The van der Waals surface area contributed by atoms with Gasteiger partial charge in [0.2, 0.25) is 4.77 Å². The zero-order valence-electron chi connectivity index (χ0n) is 11.1. The van der Waals surface area contributed by atoms with Crippen LogP contribution in [0.1, 0.15) is 5.56 Å². The number of nitrogens with zero attached hydrogens (tertiary/aromatic N) is 3. The number of benzene rings is 1. The van der Waals surface area contributed by atoms with Crippen LogP contribution < -0.4 is 5.56 Å². The number of para-hydroxylation sites is 1. The fourth-order valence-corrected chi connectivity index (χ4v) is 2.67. The molecule has 0 saturated heterocycles. The van der Waals surface area contributed by atoms with Crippen molar-refractivity contribution in [3.63, 3.8) is 0 Å². The Morgan fingerprint density at radius 2 is 2.14 bits per heavy atom. The molecule has 0 radical (unpaired) electrons. The van der Waals surface area contributed by atoms with E-state index in [4.69, 9.17) is 12.2 Å². The Kier molecular flexibility index (Phi) is 3.94. The highest BCUT2D eigenvalue weighted by Gasteiger charge is 2.10. The van der Waals surface area contributed by atoms with Gasteiger partial charge in [-0.15, -0.1) is 11.3 Å². The highest BCUT2D eigenvalue weighted by atomic mass is 32.1. The minimum atomic E-state index is -0.419. The first-order valence-corrected chi connectivity index (χ1v) is 7.53. The van der Waals surface area contributed by atoms with Crippen LogP contribution >= 0.6 is 23.6 Å². The molecular weight excluding hydrogens is 320 g/mol. The predicted molar refractivity (Wildman–Crippen MR) is 88.1 cm³/mol. The third-order valence-corrected chi connectivity index (χ3v) is 4.00. The number of aromatic nitrogens is 3. The van der Waals surface area contributed by atoms with E-state index in [-0.39, 0.29) is 16.2 Å². The molecule has 1 aromatic carbocycles. The fourth-order valence-electron chi connectivity index (χ4n) is 1.79. The van der Waals surface area contributed by atoms with Crippen molar-refractivity contribution in [3.8, 4) is 16.3 Å². The molecule has 0 aliphatic rings. The highest BCUT2D eigenvalue weighted by molar-refractivity contribution is 7.71. The molecule has 0 aliphatic carbocycles. The number of aromatic amines is 1. The molecule has 2 aromatic heterocycles. The van der Waals surface area contributed by atoms with Crippen LogP contribution in [-0.4, -0.2) is 26.2 Å². The maximum atomic E-state index is 12.4. The van der Waals surface area contributed by atoms with Gasteiger partial charge in [0, 0.05) is 5.56 Å². The summed E-state index contributed by atoms with van der Waals surface area (Å²) >= 11 is 6.45. The van der Waals surface area contributed by atoms with Crippen LogP contribution in [0.5, 0.6) is 5.75 Å². The zero-order valence-corrected chi connectivity index (χ0v) is 12.8. The van der Waals surface area contributed by atoms with Crippen LogP contribution in [-0.2, 0) is 0 Å². The van der Waals surface area contributed by atoms with E-state index in [0.717, 1.165) is 9.55 Å². The molecule has 110 valence electrons. The van der Waals surface area contributed by atoms with E-state index in [1.807, 2.05) is 11.4 Å². The van der Waals surface area contributed by atoms with Gasteiger partial charge in [-0.2, -0.15) is 14.9 Å². The molecule has 0 bridgehead atoms.